The average molecular weight is 539 g/mol. The first kappa shape index (κ1) is 27.5. The molecule has 0 amide bonds. The van der Waals surface area contributed by atoms with Gasteiger partial charge in [0, 0.05) is 39.1 Å². The minimum Gasteiger partial charge on any atom is -0.497 e. The van der Waals surface area contributed by atoms with Gasteiger partial charge in [0.25, 0.3) is 0 Å². The van der Waals surface area contributed by atoms with Gasteiger partial charge in [-0.15, -0.1) is 0 Å². The number of piperazine rings is 1. The molecule has 0 N–H and O–H groups in total. The standard InChI is InChI=1S/C33H38N4O3/c1-25(2)28-13-9-27(10-14-28)24-35-18-20-36(21-19-35)31-23-34-37(29-7-5-4-6-8-29)33(38)32(31)40-22-17-26-11-15-30(39-3)16-12-26/h4-16,23,25H,17-22,24H2,1-3H3. The van der Waals surface area contributed by atoms with Crippen LogP contribution in [-0.4, -0.2) is 54.6 Å². The fourth-order valence-electron chi connectivity index (χ4n) is 5.02. The second-order valence-electron chi connectivity index (χ2n) is 10.5. The Labute approximate surface area is 236 Å². The van der Waals surface area contributed by atoms with Crippen LogP contribution in [-0.2, 0) is 13.0 Å². The lowest BCUT2D eigenvalue weighted by molar-refractivity contribution is 0.248. The first-order chi connectivity index (χ1) is 19.5. The van der Waals surface area contributed by atoms with E-state index in [0.717, 1.165) is 49.7 Å². The molecule has 0 saturated carbocycles. The SMILES string of the molecule is COc1ccc(CCOc2c(N3CCN(Cc4ccc(C(C)C)cc4)CC3)cnn(-c3ccccc3)c2=O)cc1. The molecule has 0 aliphatic carbocycles. The van der Waals surface area contributed by atoms with Gasteiger partial charge in [0.2, 0.25) is 5.75 Å². The molecular weight excluding hydrogens is 500 g/mol. The molecule has 1 aliphatic heterocycles. The fourth-order valence-corrected chi connectivity index (χ4v) is 5.02. The van der Waals surface area contributed by atoms with Gasteiger partial charge in [-0.1, -0.05) is 68.4 Å². The topological polar surface area (TPSA) is 59.8 Å². The number of nitrogens with zero attached hydrogens (tertiary/aromatic N) is 4. The summed E-state index contributed by atoms with van der Waals surface area (Å²) < 4.78 is 12.9. The fraction of sp³-hybridized carbons (Fsp3) is 0.333. The molecule has 0 spiro atoms. The van der Waals surface area contributed by atoms with Gasteiger partial charge >= 0.3 is 5.56 Å². The summed E-state index contributed by atoms with van der Waals surface area (Å²) in [5.74, 6) is 1.71. The van der Waals surface area contributed by atoms with Gasteiger partial charge in [-0.2, -0.15) is 9.78 Å². The van der Waals surface area contributed by atoms with E-state index in [4.69, 9.17) is 9.47 Å². The van der Waals surface area contributed by atoms with Gasteiger partial charge < -0.3 is 14.4 Å². The third kappa shape index (κ3) is 6.54. The van der Waals surface area contributed by atoms with Gasteiger partial charge in [0.1, 0.15) is 11.4 Å². The second kappa shape index (κ2) is 12.8. The zero-order valence-electron chi connectivity index (χ0n) is 23.6. The number of rotatable bonds is 10. The molecule has 1 aromatic heterocycles. The van der Waals surface area contributed by atoms with E-state index < -0.39 is 0 Å². The van der Waals surface area contributed by atoms with E-state index in [9.17, 15) is 4.79 Å². The number of methoxy groups -OCH3 is 1. The molecule has 0 radical (unpaired) electrons. The van der Waals surface area contributed by atoms with Gasteiger partial charge in [0.15, 0.2) is 0 Å². The van der Waals surface area contributed by atoms with Crippen LogP contribution in [0.3, 0.4) is 0 Å². The number of ether oxygens (including phenoxy) is 2. The van der Waals surface area contributed by atoms with Crippen LogP contribution in [0.25, 0.3) is 5.69 Å². The lowest BCUT2D eigenvalue weighted by Crippen LogP contribution is -2.46. The highest BCUT2D eigenvalue weighted by Gasteiger charge is 2.23. The first-order valence-corrected chi connectivity index (χ1v) is 14.0. The van der Waals surface area contributed by atoms with E-state index in [1.165, 1.54) is 15.8 Å². The average Bonchev–Trinajstić information content (AvgIpc) is 2.99. The van der Waals surface area contributed by atoms with Crippen molar-refractivity contribution in [3.63, 3.8) is 0 Å². The number of anilines is 1. The van der Waals surface area contributed by atoms with Crippen LogP contribution in [0.2, 0.25) is 0 Å². The Morgan fingerprint density at radius 1 is 0.850 bits per heavy atom. The summed E-state index contributed by atoms with van der Waals surface area (Å²) in [6.45, 7) is 9.16. The van der Waals surface area contributed by atoms with E-state index in [1.807, 2.05) is 54.6 Å². The molecule has 0 atom stereocenters. The first-order valence-electron chi connectivity index (χ1n) is 14.0. The summed E-state index contributed by atoms with van der Waals surface area (Å²) in [5, 5.41) is 4.53. The number of hydrogen-bond acceptors (Lipinski definition) is 6. The predicted molar refractivity (Wildman–Crippen MR) is 160 cm³/mol. The van der Waals surface area contributed by atoms with Crippen molar-refractivity contribution in [1.29, 1.82) is 0 Å². The summed E-state index contributed by atoms with van der Waals surface area (Å²) in [6, 6.07) is 26.3. The number of para-hydroxylation sites is 1. The highest BCUT2D eigenvalue weighted by Crippen LogP contribution is 2.26. The van der Waals surface area contributed by atoms with Crippen molar-refractivity contribution in [2.24, 2.45) is 0 Å². The van der Waals surface area contributed by atoms with Crippen molar-refractivity contribution in [3.8, 4) is 17.2 Å². The molecule has 1 aliphatic rings. The maximum atomic E-state index is 13.7. The van der Waals surface area contributed by atoms with Gasteiger partial charge in [-0.05, 0) is 46.9 Å². The molecule has 3 aromatic carbocycles. The molecule has 0 unspecified atom stereocenters. The Bertz CT molecular complexity index is 1430. The Hall–Kier alpha value is -4.10. The van der Waals surface area contributed by atoms with Crippen molar-refractivity contribution < 1.29 is 9.47 Å². The number of benzene rings is 3. The lowest BCUT2D eigenvalue weighted by atomic mass is 10.0. The molecule has 5 rings (SSSR count). The highest BCUT2D eigenvalue weighted by molar-refractivity contribution is 5.57. The maximum Gasteiger partial charge on any atom is 0.316 e. The zero-order chi connectivity index (χ0) is 27.9. The van der Waals surface area contributed by atoms with E-state index in [-0.39, 0.29) is 5.56 Å². The van der Waals surface area contributed by atoms with Crippen LogP contribution in [0, 0.1) is 0 Å². The van der Waals surface area contributed by atoms with Crippen molar-refractivity contribution in [2.75, 3.05) is 44.8 Å². The molecule has 7 nitrogen and oxygen atoms in total. The van der Waals surface area contributed by atoms with Crippen LogP contribution in [0.4, 0.5) is 5.69 Å². The minimum atomic E-state index is -0.244. The second-order valence-corrected chi connectivity index (χ2v) is 10.5. The maximum absolute atomic E-state index is 13.7. The molecule has 1 fully saturated rings. The van der Waals surface area contributed by atoms with Gasteiger partial charge in [-0.25, -0.2) is 0 Å². The summed E-state index contributed by atoms with van der Waals surface area (Å²) in [4.78, 5) is 18.4. The van der Waals surface area contributed by atoms with E-state index in [0.29, 0.717) is 30.4 Å². The Morgan fingerprint density at radius 3 is 2.17 bits per heavy atom. The number of hydrogen-bond donors (Lipinski definition) is 0. The van der Waals surface area contributed by atoms with E-state index >= 15 is 0 Å². The predicted octanol–water partition coefficient (Wildman–Crippen LogP) is 5.31. The Kier molecular flexibility index (Phi) is 8.81. The van der Waals surface area contributed by atoms with Crippen molar-refractivity contribution in [1.82, 2.24) is 14.7 Å². The monoisotopic (exact) mass is 538 g/mol. The lowest BCUT2D eigenvalue weighted by Gasteiger charge is -2.36. The van der Waals surface area contributed by atoms with Crippen molar-refractivity contribution in [2.45, 2.75) is 32.7 Å². The van der Waals surface area contributed by atoms with Crippen LogP contribution in [0.5, 0.6) is 11.5 Å². The molecule has 40 heavy (non-hydrogen) atoms. The minimum absolute atomic E-state index is 0.244. The summed E-state index contributed by atoms with van der Waals surface area (Å²) in [6.07, 6.45) is 2.46. The molecule has 1 saturated heterocycles. The van der Waals surface area contributed by atoms with Gasteiger partial charge in [-0.3, -0.25) is 9.69 Å². The van der Waals surface area contributed by atoms with E-state index in [2.05, 4.69) is 53.0 Å². The van der Waals surface area contributed by atoms with Gasteiger partial charge in [0.05, 0.1) is 25.6 Å². The molecule has 208 valence electrons. The summed E-state index contributed by atoms with van der Waals surface area (Å²) in [7, 11) is 1.66. The summed E-state index contributed by atoms with van der Waals surface area (Å²) in [5.41, 5.74) is 5.04. The van der Waals surface area contributed by atoms with Crippen molar-refractivity contribution >= 4 is 5.69 Å². The van der Waals surface area contributed by atoms with Crippen molar-refractivity contribution in [3.05, 3.63) is 112 Å². The molecule has 2 heterocycles. The highest BCUT2D eigenvalue weighted by atomic mass is 16.5. The third-order valence-electron chi connectivity index (χ3n) is 7.48. The van der Waals surface area contributed by atoms with Crippen LogP contribution >= 0.6 is 0 Å². The molecule has 0 bridgehead atoms. The molecule has 7 heteroatoms. The zero-order valence-corrected chi connectivity index (χ0v) is 23.6. The molecular formula is C33H38N4O3. The Balaban J connectivity index is 1.30. The van der Waals surface area contributed by atoms with Crippen LogP contribution in [0.1, 0.15) is 36.5 Å². The smallest absolute Gasteiger partial charge is 0.316 e. The van der Waals surface area contributed by atoms with Crippen LogP contribution in [0.15, 0.2) is 89.9 Å². The van der Waals surface area contributed by atoms with E-state index in [1.54, 1.807) is 13.3 Å². The normalized spacial score (nSPS) is 13.9. The molecule has 4 aromatic rings. The quantitative estimate of drug-likeness (QED) is 0.273. The summed E-state index contributed by atoms with van der Waals surface area (Å²) >= 11 is 0. The number of aromatic nitrogens is 2. The Morgan fingerprint density at radius 2 is 1.52 bits per heavy atom. The third-order valence-corrected chi connectivity index (χ3v) is 7.48. The largest absolute Gasteiger partial charge is 0.497 e. The van der Waals surface area contributed by atoms with Crippen LogP contribution < -0.4 is 19.9 Å².